The van der Waals surface area contributed by atoms with Gasteiger partial charge in [-0.15, -0.1) is 0 Å². The molecule has 6 nitrogen and oxygen atoms in total. The maximum atomic E-state index is 12.2. The average molecular weight is 368 g/mol. The molecule has 2 N–H and O–H groups in total. The smallest absolute Gasteiger partial charge is 0.270 e. The first-order valence-corrected chi connectivity index (χ1v) is 8.11. The van der Waals surface area contributed by atoms with Crippen LogP contribution in [0, 0.1) is 6.92 Å². The molecule has 0 aliphatic heterocycles. The predicted octanol–water partition coefficient (Wildman–Crippen LogP) is 3.13. The molecule has 2 aromatic rings. The molecule has 0 aliphatic rings. The highest BCUT2D eigenvalue weighted by molar-refractivity contribution is 6.36. The van der Waals surface area contributed by atoms with Gasteiger partial charge in [0.2, 0.25) is 5.95 Å². The third kappa shape index (κ3) is 5.33. The van der Waals surface area contributed by atoms with Gasteiger partial charge in [0.05, 0.1) is 10.7 Å². The molecule has 0 saturated carbocycles. The molecule has 0 spiro atoms. The number of rotatable bonds is 6. The monoisotopic (exact) mass is 367 g/mol. The minimum absolute atomic E-state index is 0.243. The van der Waals surface area contributed by atoms with Crippen LogP contribution >= 0.6 is 23.2 Å². The summed E-state index contributed by atoms with van der Waals surface area (Å²) < 4.78 is 0. The molecular weight excluding hydrogens is 349 g/mol. The summed E-state index contributed by atoms with van der Waals surface area (Å²) in [6.45, 7) is 3.09. The number of nitrogens with zero attached hydrogens (tertiary/aromatic N) is 3. The summed E-state index contributed by atoms with van der Waals surface area (Å²) >= 11 is 12.0. The lowest BCUT2D eigenvalue weighted by molar-refractivity contribution is 0.0946. The van der Waals surface area contributed by atoms with Gasteiger partial charge in [0, 0.05) is 23.8 Å². The lowest BCUT2D eigenvalue weighted by atomic mass is 10.3. The molecule has 1 heterocycles. The lowest BCUT2D eigenvalue weighted by Gasteiger charge is -2.12. The number of likely N-dealkylation sites (N-methyl/N-ethyl adjacent to an activating group) is 1. The number of carbonyl (C=O) groups excluding carboxylic acids is 1. The zero-order valence-electron chi connectivity index (χ0n) is 13.7. The molecule has 0 saturated heterocycles. The summed E-state index contributed by atoms with van der Waals surface area (Å²) in [5.74, 6) is 0.0598. The summed E-state index contributed by atoms with van der Waals surface area (Å²) in [6.07, 6.45) is 0. The fourth-order valence-electron chi connectivity index (χ4n) is 1.94. The van der Waals surface area contributed by atoms with Gasteiger partial charge in [0.25, 0.3) is 5.91 Å². The van der Waals surface area contributed by atoms with Gasteiger partial charge in [-0.1, -0.05) is 23.2 Å². The summed E-state index contributed by atoms with van der Waals surface area (Å²) in [7, 11) is 3.89. The number of halogens is 2. The van der Waals surface area contributed by atoms with E-state index in [-0.39, 0.29) is 5.91 Å². The second kappa shape index (κ2) is 8.28. The van der Waals surface area contributed by atoms with E-state index in [0.29, 0.717) is 39.6 Å². The Labute approximate surface area is 151 Å². The van der Waals surface area contributed by atoms with E-state index in [0.717, 1.165) is 6.54 Å². The van der Waals surface area contributed by atoms with E-state index in [4.69, 9.17) is 23.2 Å². The van der Waals surface area contributed by atoms with E-state index in [1.165, 1.54) is 0 Å². The van der Waals surface area contributed by atoms with Gasteiger partial charge in [0.1, 0.15) is 5.69 Å². The van der Waals surface area contributed by atoms with Crippen LogP contribution in [0.15, 0.2) is 24.3 Å². The Bertz CT molecular complexity index is 736. The van der Waals surface area contributed by atoms with Crippen molar-refractivity contribution in [2.75, 3.05) is 32.5 Å². The van der Waals surface area contributed by atoms with Crippen LogP contribution in [-0.4, -0.2) is 48.0 Å². The lowest BCUT2D eigenvalue weighted by Crippen LogP contribution is -2.32. The second-order valence-corrected chi connectivity index (χ2v) is 6.37. The quantitative estimate of drug-likeness (QED) is 0.820. The molecule has 2 rings (SSSR count). The van der Waals surface area contributed by atoms with Crippen LogP contribution in [0.4, 0.5) is 11.6 Å². The van der Waals surface area contributed by atoms with Crippen LogP contribution in [0.1, 0.15) is 16.2 Å². The zero-order chi connectivity index (χ0) is 17.7. The Morgan fingerprint density at radius 2 is 1.96 bits per heavy atom. The van der Waals surface area contributed by atoms with Crippen molar-refractivity contribution in [1.29, 1.82) is 0 Å². The van der Waals surface area contributed by atoms with E-state index in [1.807, 2.05) is 19.0 Å². The van der Waals surface area contributed by atoms with Crippen LogP contribution < -0.4 is 10.6 Å². The minimum atomic E-state index is -0.243. The standard InChI is InChI=1S/C16H19Cl2N5O/c1-10-8-14(15(24)19-6-7-23(2)3)22-16(20-10)21-13-5-4-11(17)9-12(13)18/h4-5,8-9H,6-7H2,1-3H3,(H,19,24)(H,20,21,22). The van der Waals surface area contributed by atoms with Gasteiger partial charge in [0.15, 0.2) is 0 Å². The molecule has 0 unspecified atom stereocenters. The SMILES string of the molecule is Cc1cc(C(=O)NCCN(C)C)nc(Nc2ccc(Cl)cc2Cl)n1. The number of nitrogens with one attached hydrogen (secondary N) is 2. The van der Waals surface area contributed by atoms with Gasteiger partial charge in [-0.25, -0.2) is 9.97 Å². The number of amides is 1. The van der Waals surface area contributed by atoms with Gasteiger partial charge in [-0.05, 0) is 45.3 Å². The molecule has 1 aromatic carbocycles. The fraction of sp³-hybridized carbons (Fsp3) is 0.312. The molecule has 0 radical (unpaired) electrons. The first kappa shape index (κ1) is 18.4. The molecule has 0 aliphatic carbocycles. The molecular formula is C16H19Cl2N5O. The highest BCUT2D eigenvalue weighted by atomic mass is 35.5. The number of aryl methyl sites for hydroxylation is 1. The zero-order valence-corrected chi connectivity index (χ0v) is 15.2. The van der Waals surface area contributed by atoms with E-state index >= 15 is 0 Å². The number of hydrogen-bond acceptors (Lipinski definition) is 5. The maximum Gasteiger partial charge on any atom is 0.270 e. The van der Waals surface area contributed by atoms with Gasteiger partial charge >= 0.3 is 0 Å². The van der Waals surface area contributed by atoms with Crippen LogP contribution in [-0.2, 0) is 0 Å². The first-order chi connectivity index (χ1) is 11.3. The minimum Gasteiger partial charge on any atom is -0.349 e. The first-order valence-electron chi connectivity index (χ1n) is 7.36. The number of hydrogen-bond donors (Lipinski definition) is 2. The van der Waals surface area contributed by atoms with Crippen molar-refractivity contribution < 1.29 is 4.79 Å². The summed E-state index contributed by atoms with van der Waals surface area (Å²) in [5.41, 5.74) is 1.59. The molecule has 8 heteroatoms. The highest BCUT2D eigenvalue weighted by Gasteiger charge is 2.11. The number of benzene rings is 1. The van der Waals surface area contributed by atoms with E-state index < -0.39 is 0 Å². The summed E-state index contributed by atoms with van der Waals surface area (Å²) in [4.78, 5) is 22.7. The van der Waals surface area contributed by atoms with Crippen molar-refractivity contribution in [1.82, 2.24) is 20.2 Å². The average Bonchev–Trinajstić information content (AvgIpc) is 2.49. The molecule has 128 valence electrons. The van der Waals surface area contributed by atoms with E-state index in [9.17, 15) is 4.79 Å². The Balaban J connectivity index is 2.14. The van der Waals surface area contributed by atoms with Crippen molar-refractivity contribution >= 4 is 40.7 Å². The highest BCUT2D eigenvalue weighted by Crippen LogP contribution is 2.27. The number of anilines is 2. The molecule has 0 atom stereocenters. The Hall–Kier alpha value is -1.89. The van der Waals surface area contributed by atoms with Crippen molar-refractivity contribution in [2.24, 2.45) is 0 Å². The third-order valence-corrected chi connectivity index (χ3v) is 3.66. The van der Waals surface area contributed by atoms with Gasteiger partial charge in [-0.2, -0.15) is 0 Å². The number of aromatic nitrogens is 2. The topological polar surface area (TPSA) is 70.2 Å². The molecule has 0 bridgehead atoms. The van der Waals surface area contributed by atoms with E-state index in [2.05, 4.69) is 20.6 Å². The van der Waals surface area contributed by atoms with Crippen molar-refractivity contribution in [3.8, 4) is 0 Å². The molecule has 0 fully saturated rings. The Kier molecular flexibility index (Phi) is 6.36. The summed E-state index contributed by atoms with van der Waals surface area (Å²) in [5, 5.41) is 6.82. The van der Waals surface area contributed by atoms with Crippen molar-refractivity contribution in [2.45, 2.75) is 6.92 Å². The van der Waals surface area contributed by atoms with Gasteiger partial charge < -0.3 is 15.5 Å². The van der Waals surface area contributed by atoms with Crippen LogP contribution in [0.25, 0.3) is 0 Å². The molecule has 1 aromatic heterocycles. The van der Waals surface area contributed by atoms with Crippen molar-refractivity contribution in [3.05, 3.63) is 45.7 Å². The normalized spacial score (nSPS) is 10.8. The largest absolute Gasteiger partial charge is 0.349 e. The van der Waals surface area contributed by atoms with Crippen LogP contribution in [0.3, 0.4) is 0 Å². The Morgan fingerprint density at radius 3 is 2.62 bits per heavy atom. The fourth-order valence-corrected chi connectivity index (χ4v) is 2.39. The molecule has 24 heavy (non-hydrogen) atoms. The van der Waals surface area contributed by atoms with Crippen LogP contribution in [0.2, 0.25) is 10.0 Å². The second-order valence-electron chi connectivity index (χ2n) is 5.53. The van der Waals surface area contributed by atoms with E-state index in [1.54, 1.807) is 31.2 Å². The predicted molar refractivity (Wildman–Crippen MR) is 97.4 cm³/mol. The van der Waals surface area contributed by atoms with Crippen molar-refractivity contribution in [3.63, 3.8) is 0 Å². The van der Waals surface area contributed by atoms with Gasteiger partial charge in [-0.3, -0.25) is 4.79 Å². The summed E-state index contributed by atoms with van der Waals surface area (Å²) in [6, 6.07) is 6.70. The third-order valence-electron chi connectivity index (χ3n) is 3.11. The Morgan fingerprint density at radius 1 is 1.21 bits per heavy atom. The molecule has 1 amide bonds. The van der Waals surface area contributed by atoms with Crippen LogP contribution in [0.5, 0.6) is 0 Å². The maximum absolute atomic E-state index is 12.2. The number of carbonyl (C=O) groups is 1.